The van der Waals surface area contributed by atoms with Gasteiger partial charge < -0.3 is 10.4 Å². The highest BCUT2D eigenvalue weighted by molar-refractivity contribution is 5.78. The molecule has 1 atom stereocenters. The monoisotopic (exact) mass is 276 g/mol. The Kier molecular flexibility index (Phi) is 5.15. The largest absolute Gasteiger partial charge is 0.393 e. The highest BCUT2D eigenvalue weighted by Gasteiger charge is 2.20. The van der Waals surface area contributed by atoms with Gasteiger partial charge in [-0.15, -0.1) is 0 Å². The number of amides is 1. The predicted molar refractivity (Wildman–Crippen MR) is 79.4 cm³/mol. The van der Waals surface area contributed by atoms with Crippen molar-refractivity contribution in [2.45, 2.75) is 38.8 Å². The molecule has 2 N–H and O–H groups in total. The molecule has 1 saturated heterocycles. The van der Waals surface area contributed by atoms with Crippen molar-refractivity contribution in [1.29, 1.82) is 0 Å². The Morgan fingerprint density at radius 2 is 2.05 bits per heavy atom. The summed E-state index contributed by atoms with van der Waals surface area (Å²) in [6, 6.07) is 8.14. The summed E-state index contributed by atoms with van der Waals surface area (Å²) < 4.78 is 0. The first-order valence-electron chi connectivity index (χ1n) is 7.31. The van der Waals surface area contributed by atoms with Crippen LogP contribution in [0.5, 0.6) is 0 Å². The molecule has 1 aromatic carbocycles. The van der Waals surface area contributed by atoms with Gasteiger partial charge in [-0.1, -0.05) is 24.3 Å². The molecule has 1 aliphatic heterocycles. The SMILES string of the molecule is Cc1ccccc1[C@H](C)NC(=O)CN1CCC(O)CC1. The lowest BCUT2D eigenvalue weighted by atomic mass is 10.0. The molecule has 1 heterocycles. The van der Waals surface area contributed by atoms with Gasteiger partial charge in [0.15, 0.2) is 0 Å². The summed E-state index contributed by atoms with van der Waals surface area (Å²) in [5, 5.41) is 12.5. The van der Waals surface area contributed by atoms with E-state index >= 15 is 0 Å². The van der Waals surface area contributed by atoms with E-state index in [0.717, 1.165) is 31.5 Å². The van der Waals surface area contributed by atoms with Crippen molar-refractivity contribution >= 4 is 5.91 Å². The highest BCUT2D eigenvalue weighted by Crippen LogP contribution is 2.16. The number of carbonyl (C=O) groups excluding carboxylic acids is 1. The van der Waals surface area contributed by atoms with Crippen LogP contribution in [0.25, 0.3) is 0 Å². The fraction of sp³-hybridized carbons (Fsp3) is 0.562. The van der Waals surface area contributed by atoms with E-state index in [1.54, 1.807) is 0 Å². The van der Waals surface area contributed by atoms with Gasteiger partial charge in [-0.25, -0.2) is 0 Å². The molecule has 1 aliphatic rings. The quantitative estimate of drug-likeness (QED) is 0.879. The molecular formula is C16H24N2O2. The second kappa shape index (κ2) is 6.86. The van der Waals surface area contributed by atoms with Gasteiger partial charge in [0.25, 0.3) is 0 Å². The molecule has 0 saturated carbocycles. The van der Waals surface area contributed by atoms with Gasteiger partial charge in [0.05, 0.1) is 18.7 Å². The molecule has 1 amide bonds. The van der Waals surface area contributed by atoms with Gasteiger partial charge in [0.2, 0.25) is 5.91 Å². The van der Waals surface area contributed by atoms with Gasteiger partial charge in [-0.2, -0.15) is 0 Å². The van der Waals surface area contributed by atoms with Gasteiger partial charge in [-0.05, 0) is 37.8 Å². The van der Waals surface area contributed by atoms with Crippen molar-refractivity contribution in [3.63, 3.8) is 0 Å². The first kappa shape index (κ1) is 15.0. The Hall–Kier alpha value is -1.39. The Morgan fingerprint density at radius 3 is 2.70 bits per heavy atom. The molecule has 4 nitrogen and oxygen atoms in total. The van der Waals surface area contributed by atoms with E-state index < -0.39 is 0 Å². The zero-order valence-corrected chi connectivity index (χ0v) is 12.3. The summed E-state index contributed by atoms with van der Waals surface area (Å²) >= 11 is 0. The number of benzene rings is 1. The molecule has 0 aliphatic carbocycles. The summed E-state index contributed by atoms with van der Waals surface area (Å²) in [5.74, 6) is 0.0529. The second-order valence-corrected chi connectivity index (χ2v) is 5.65. The molecule has 0 bridgehead atoms. The molecular weight excluding hydrogens is 252 g/mol. The smallest absolute Gasteiger partial charge is 0.234 e. The molecule has 110 valence electrons. The van der Waals surface area contributed by atoms with Crippen LogP contribution in [0.2, 0.25) is 0 Å². The lowest BCUT2D eigenvalue weighted by Crippen LogP contribution is -2.43. The standard InChI is InChI=1S/C16H24N2O2/c1-12-5-3-4-6-15(12)13(2)17-16(20)11-18-9-7-14(19)8-10-18/h3-6,13-14,19H,7-11H2,1-2H3,(H,17,20)/t13-/m0/s1. The van der Waals surface area contributed by atoms with E-state index in [9.17, 15) is 9.90 Å². The highest BCUT2D eigenvalue weighted by atomic mass is 16.3. The van der Waals surface area contributed by atoms with Gasteiger partial charge in [-0.3, -0.25) is 9.69 Å². The van der Waals surface area contributed by atoms with Crippen LogP contribution in [0.15, 0.2) is 24.3 Å². The summed E-state index contributed by atoms with van der Waals surface area (Å²) in [7, 11) is 0. The minimum absolute atomic E-state index is 0.0269. The summed E-state index contributed by atoms with van der Waals surface area (Å²) in [4.78, 5) is 14.2. The number of rotatable bonds is 4. The van der Waals surface area contributed by atoms with E-state index in [-0.39, 0.29) is 18.1 Å². The number of hydrogen-bond donors (Lipinski definition) is 2. The average molecular weight is 276 g/mol. The van der Waals surface area contributed by atoms with Crippen molar-refractivity contribution in [2.24, 2.45) is 0 Å². The van der Waals surface area contributed by atoms with E-state index in [0.29, 0.717) is 6.54 Å². The molecule has 0 spiro atoms. The second-order valence-electron chi connectivity index (χ2n) is 5.65. The molecule has 0 radical (unpaired) electrons. The van der Waals surface area contributed by atoms with E-state index in [4.69, 9.17) is 0 Å². The Balaban J connectivity index is 1.84. The van der Waals surface area contributed by atoms with Gasteiger partial charge in [0.1, 0.15) is 0 Å². The number of nitrogens with zero attached hydrogens (tertiary/aromatic N) is 1. The lowest BCUT2D eigenvalue weighted by molar-refractivity contribution is -0.123. The summed E-state index contributed by atoms with van der Waals surface area (Å²) in [6.45, 7) is 6.09. The number of nitrogens with one attached hydrogen (secondary N) is 1. The maximum atomic E-state index is 12.1. The van der Waals surface area contributed by atoms with Crippen molar-refractivity contribution in [1.82, 2.24) is 10.2 Å². The van der Waals surface area contributed by atoms with Crippen LogP contribution in [0, 0.1) is 6.92 Å². The van der Waals surface area contributed by atoms with Crippen molar-refractivity contribution in [3.05, 3.63) is 35.4 Å². The van der Waals surface area contributed by atoms with E-state index in [1.165, 1.54) is 5.56 Å². The van der Waals surface area contributed by atoms with Crippen LogP contribution in [0.3, 0.4) is 0 Å². The predicted octanol–water partition coefficient (Wildman–Crippen LogP) is 1.63. The first-order valence-corrected chi connectivity index (χ1v) is 7.31. The van der Waals surface area contributed by atoms with Crippen LogP contribution in [-0.2, 0) is 4.79 Å². The Bertz CT molecular complexity index is 454. The summed E-state index contributed by atoms with van der Waals surface area (Å²) in [5.41, 5.74) is 2.36. The normalized spacial score (nSPS) is 18.8. The zero-order chi connectivity index (χ0) is 14.5. The minimum atomic E-state index is -0.194. The van der Waals surface area contributed by atoms with Crippen LogP contribution < -0.4 is 5.32 Å². The molecule has 4 heteroatoms. The number of piperidine rings is 1. The Labute approximate surface area is 120 Å². The maximum Gasteiger partial charge on any atom is 0.234 e. The van der Waals surface area contributed by atoms with Crippen molar-refractivity contribution in [2.75, 3.05) is 19.6 Å². The fourth-order valence-electron chi connectivity index (χ4n) is 2.72. The summed E-state index contributed by atoms with van der Waals surface area (Å²) in [6.07, 6.45) is 1.33. The number of aliphatic hydroxyl groups is 1. The Morgan fingerprint density at radius 1 is 1.40 bits per heavy atom. The third-order valence-corrected chi connectivity index (χ3v) is 3.96. The average Bonchev–Trinajstić information content (AvgIpc) is 2.41. The molecule has 1 fully saturated rings. The number of hydrogen-bond acceptors (Lipinski definition) is 3. The maximum absolute atomic E-state index is 12.1. The minimum Gasteiger partial charge on any atom is -0.393 e. The molecule has 2 rings (SSSR count). The van der Waals surface area contributed by atoms with Crippen LogP contribution in [0.1, 0.15) is 36.9 Å². The van der Waals surface area contributed by atoms with Gasteiger partial charge >= 0.3 is 0 Å². The topological polar surface area (TPSA) is 52.6 Å². The molecule has 0 unspecified atom stereocenters. The fourth-order valence-corrected chi connectivity index (χ4v) is 2.72. The molecule has 0 aromatic heterocycles. The van der Waals surface area contributed by atoms with E-state index in [1.807, 2.05) is 19.1 Å². The number of likely N-dealkylation sites (tertiary alicyclic amines) is 1. The van der Waals surface area contributed by atoms with E-state index in [2.05, 4.69) is 29.3 Å². The van der Waals surface area contributed by atoms with Crippen LogP contribution in [0.4, 0.5) is 0 Å². The van der Waals surface area contributed by atoms with Crippen LogP contribution in [-0.4, -0.2) is 41.7 Å². The molecule has 20 heavy (non-hydrogen) atoms. The number of carbonyl (C=O) groups is 1. The van der Waals surface area contributed by atoms with Gasteiger partial charge in [0, 0.05) is 13.1 Å². The van der Waals surface area contributed by atoms with Crippen LogP contribution >= 0.6 is 0 Å². The third-order valence-electron chi connectivity index (χ3n) is 3.96. The lowest BCUT2D eigenvalue weighted by Gasteiger charge is -2.29. The zero-order valence-electron chi connectivity index (χ0n) is 12.3. The third kappa shape index (κ3) is 4.05. The number of aliphatic hydroxyl groups excluding tert-OH is 1. The number of aryl methyl sites for hydroxylation is 1. The molecule has 1 aromatic rings. The van der Waals surface area contributed by atoms with Crippen molar-refractivity contribution < 1.29 is 9.90 Å². The van der Waals surface area contributed by atoms with Crippen molar-refractivity contribution in [3.8, 4) is 0 Å². The first-order chi connectivity index (χ1) is 9.56.